The van der Waals surface area contributed by atoms with Gasteiger partial charge in [0.25, 0.3) is 0 Å². The summed E-state index contributed by atoms with van der Waals surface area (Å²) >= 11 is 1.64. The summed E-state index contributed by atoms with van der Waals surface area (Å²) in [6.07, 6.45) is 11.4. The standard InChI is InChI=1S/C28H25N9OS/c38-25(7-16-1-4-29-5-2-16)33-19-8-18(10-30-11-19)22-9-20-23(14-32-22)36-37-27(20)28-34-24-13-31-12-21(26(24)35-28)17-3-6-39-15-17/h3,6,8-16,29H,1-2,4-5,7H2,(H,33,38)(H,34,35)(H,36,37). The highest BCUT2D eigenvalue weighted by Gasteiger charge is 2.18. The Morgan fingerprint density at radius 1 is 1.03 bits per heavy atom. The zero-order valence-corrected chi connectivity index (χ0v) is 21.8. The molecule has 1 saturated heterocycles. The van der Waals surface area contributed by atoms with Crippen molar-refractivity contribution in [2.45, 2.75) is 19.3 Å². The molecule has 1 fully saturated rings. The van der Waals surface area contributed by atoms with Gasteiger partial charge in [0.2, 0.25) is 5.91 Å². The molecule has 11 heteroatoms. The molecule has 10 nitrogen and oxygen atoms in total. The van der Waals surface area contributed by atoms with E-state index in [1.807, 2.05) is 23.7 Å². The third-order valence-electron chi connectivity index (χ3n) is 7.15. The maximum atomic E-state index is 12.6. The van der Waals surface area contributed by atoms with Gasteiger partial charge in [-0.05, 0) is 66.4 Å². The minimum atomic E-state index is 0.0163. The fraction of sp³-hybridized carbons (Fsp3) is 0.214. The number of H-pyrrole nitrogens is 2. The summed E-state index contributed by atoms with van der Waals surface area (Å²) in [5, 5.41) is 19.0. The number of aromatic nitrogens is 7. The Bertz CT molecular complexity index is 1780. The van der Waals surface area contributed by atoms with Gasteiger partial charge in [0.1, 0.15) is 11.2 Å². The number of fused-ring (bicyclic) bond motifs is 2. The second-order valence-electron chi connectivity index (χ2n) is 9.78. The third kappa shape index (κ3) is 4.66. The molecular formula is C28H25N9OS. The largest absolute Gasteiger partial charge is 0.335 e. The second-order valence-corrected chi connectivity index (χ2v) is 10.6. The lowest BCUT2D eigenvalue weighted by Gasteiger charge is -2.21. The molecule has 0 bridgehead atoms. The topological polar surface area (TPSA) is 137 Å². The molecule has 6 aromatic heterocycles. The van der Waals surface area contributed by atoms with E-state index in [2.05, 4.69) is 52.2 Å². The van der Waals surface area contributed by atoms with Crippen LogP contribution in [-0.2, 0) is 4.79 Å². The number of nitrogens with zero attached hydrogens (tertiary/aromatic N) is 5. The Hall–Kier alpha value is -4.48. The fourth-order valence-electron chi connectivity index (χ4n) is 5.14. The van der Waals surface area contributed by atoms with Crippen LogP contribution in [0.15, 0.2) is 59.9 Å². The molecule has 194 valence electrons. The Kier molecular flexibility index (Phi) is 6.06. The van der Waals surface area contributed by atoms with Crippen LogP contribution in [0, 0.1) is 5.92 Å². The third-order valence-corrected chi connectivity index (χ3v) is 7.83. The lowest BCUT2D eigenvalue weighted by Crippen LogP contribution is -2.30. The summed E-state index contributed by atoms with van der Waals surface area (Å²) in [4.78, 5) is 34.3. The SMILES string of the molecule is O=C(CC1CCNCC1)Nc1cncc(-c2cc3c(-c4nc5c(-c6ccsc6)cncc5[nH]4)n[nH]c3cn2)c1. The van der Waals surface area contributed by atoms with Gasteiger partial charge < -0.3 is 15.6 Å². The number of carbonyl (C=O) groups is 1. The molecule has 0 atom stereocenters. The van der Waals surface area contributed by atoms with Crippen LogP contribution < -0.4 is 10.6 Å². The van der Waals surface area contributed by atoms with E-state index >= 15 is 0 Å². The fourth-order valence-corrected chi connectivity index (χ4v) is 5.79. The van der Waals surface area contributed by atoms with E-state index in [-0.39, 0.29) is 5.91 Å². The van der Waals surface area contributed by atoms with Crippen LogP contribution in [0.4, 0.5) is 5.69 Å². The van der Waals surface area contributed by atoms with Crippen molar-refractivity contribution in [3.8, 4) is 33.9 Å². The van der Waals surface area contributed by atoms with E-state index in [0.29, 0.717) is 29.5 Å². The number of piperidine rings is 1. The molecule has 0 saturated carbocycles. The minimum Gasteiger partial charge on any atom is -0.335 e. The van der Waals surface area contributed by atoms with E-state index in [0.717, 1.165) is 70.3 Å². The number of anilines is 1. The number of nitrogens with one attached hydrogen (secondary N) is 4. The molecule has 6 aromatic rings. The summed E-state index contributed by atoms with van der Waals surface area (Å²) in [6.45, 7) is 1.94. The summed E-state index contributed by atoms with van der Waals surface area (Å²) in [5.74, 6) is 1.08. The van der Waals surface area contributed by atoms with Crippen LogP contribution in [0.2, 0.25) is 0 Å². The van der Waals surface area contributed by atoms with Crippen LogP contribution in [0.1, 0.15) is 19.3 Å². The molecule has 0 aromatic carbocycles. The highest BCUT2D eigenvalue weighted by atomic mass is 32.1. The van der Waals surface area contributed by atoms with Gasteiger partial charge in [-0.3, -0.25) is 24.8 Å². The first-order valence-corrected chi connectivity index (χ1v) is 13.8. The summed E-state index contributed by atoms with van der Waals surface area (Å²) in [7, 11) is 0. The van der Waals surface area contributed by atoms with Crippen LogP contribution in [0.5, 0.6) is 0 Å². The molecule has 7 rings (SSSR count). The maximum Gasteiger partial charge on any atom is 0.224 e. The predicted octanol–water partition coefficient (Wildman–Crippen LogP) is 5.01. The lowest BCUT2D eigenvalue weighted by molar-refractivity contribution is -0.117. The molecule has 39 heavy (non-hydrogen) atoms. The van der Waals surface area contributed by atoms with Crippen molar-refractivity contribution in [3.63, 3.8) is 0 Å². The van der Waals surface area contributed by atoms with E-state index in [1.54, 1.807) is 36.1 Å². The van der Waals surface area contributed by atoms with E-state index in [9.17, 15) is 4.79 Å². The second kappa shape index (κ2) is 10.0. The van der Waals surface area contributed by atoms with Crippen LogP contribution >= 0.6 is 11.3 Å². The molecule has 1 aliphatic rings. The number of hydrogen-bond acceptors (Lipinski definition) is 8. The Labute approximate surface area is 227 Å². The molecular weight excluding hydrogens is 510 g/mol. The summed E-state index contributed by atoms with van der Waals surface area (Å²) in [6, 6.07) is 5.94. The zero-order chi connectivity index (χ0) is 26.2. The minimum absolute atomic E-state index is 0.0163. The van der Waals surface area contributed by atoms with Gasteiger partial charge in [-0.25, -0.2) is 4.98 Å². The Morgan fingerprint density at radius 2 is 1.92 bits per heavy atom. The Morgan fingerprint density at radius 3 is 2.79 bits per heavy atom. The van der Waals surface area contributed by atoms with Crippen LogP contribution in [0.25, 0.3) is 55.8 Å². The van der Waals surface area contributed by atoms with Crippen molar-refractivity contribution in [3.05, 3.63) is 59.9 Å². The Balaban J connectivity index is 1.19. The number of pyridine rings is 3. The first-order valence-electron chi connectivity index (χ1n) is 12.9. The highest BCUT2D eigenvalue weighted by molar-refractivity contribution is 7.08. The average Bonchev–Trinajstić information content (AvgIpc) is 3.73. The summed E-state index contributed by atoms with van der Waals surface area (Å²) in [5.41, 5.74) is 7.43. The van der Waals surface area contributed by atoms with Gasteiger partial charge in [-0.2, -0.15) is 16.4 Å². The number of aromatic amines is 2. The number of rotatable bonds is 6. The van der Waals surface area contributed by atoms with Crippen molar-refractivity contribution in [1.29, 1.82) is 0 Å². The van der Waals surface area contributed by atoms with Crippen LogP contribution in [-0.4, -0.2) is 54.1 Å². The van der Waals surface area contributed by atoms with Crippen molar-refractivity contribution >= 4 is 44.9 Å². The normalized spacial score (nSPS) is 14.3. The van der Waals surface area contributed by atoms with Gasteiger partial charge in [0.15, 0.2) is 5.82 Å². The molecule has 0 unspecified atom stereocenters. The first-order chi connectivity index (χ1) is 19.2. The monoisotopic (exact) mass is 535 g/mol. The van der Waals surface area contributed by atoms with Gasteiger partial charge in [0, 0.05) is 35.3 Å². The number of hydrogen-bond donors (Lipinski definition) is 4. The van der Waals surface area contributed by atoms with Gasteiger partial charge in [-0.1, -0.05) is 0 Å². The van der Waals surface area contributed by atoms with Gasteiger partial charge in [0.05, 0.1) is 41.0 Å². The molecule has 0 radical (unpaired) electrons. The molecule has 0 spiro atoms. The quantitative estimate of drug-likeness (QED) is 0.235. The average molecular weight is 536 g/mol. The maximum absolute atomic E-state index is 12.6. The number of amides is 1. The van der Waals surface area contributed by atoms with E-state index in [4.69, 9.17) is 4.98 Å². The molecule has 1 amide bonds. The van der Waals surface area contributed by atoms with Gasteiger partial charge in [-0.15, -0.1) is 0 Å². The van der Waals surface area contributed by atoms with Crippen molar-refractivity contribution in [2.24, 2.45) is 5.92 Å². The van der Waals surface area contributed by atoms with Crippen LogP contribution in [0.3, 0.4) is 0 Å². The van der Waals surface area contributed by atoms with Crippen molar-refractivity contribution < 1.29 is 4.79 Å². The molecule has 1 aliphatic heterocycles. The van der Waals surface area contributed by atoms with Gasteiger partial charge >= 0.3 is 0 Å². The first kappa shape index (κ1) is 23.6. The predicted molar refractivity (Wildman–Crippen MR) is 152 cm³/mol. The zero-order valence-electron chi connectivity index (χ0n) is 20.9. The molecule has 7 heterocycles. The number of thiophene rings is 1. The molecule has 0 aliphatic carbocycles. The number of carbonyl (C=O) groups excluding carboxylic acids is 1. The van der Waals surface area contributed by atoms with E-state index in [1.165, 1.54) is 0 Å². The molecule has 4 N–H and O–H groups in total. The summed E-state index contributed by atoms with van der Waals surface area (Å²) < 4.78 is 0. The smallest absolute Gasteiger partial charge is 0.224 e. The lowest BCUT2D eigenvalue weighted by atomic mass is 9.94. The van der Waals surface area contributed by atoms with Crippen molar-refractivity contribution in [2.75, 3.05) is 18.4 Å². The number of imidazole rings is 1. The van der Waals surface area contributed by atoms with Crippen molar-refractivity contribution in [1.82, 2.24) is 40.4 Å². The highest BCUT2D eigenvalue weighted by Crippen LogP contribution is 2.33. The van der Waals surface area contributed by atoms with E-state index < -0.39 is 0 Å².